The summed E-state index contributed by atoms with van der Waals surface area (Å²) in [6, 6.07) is 16.0. The molecule has 0 bridgehead atoms. The van der Waals surface area contributed by atoms with Gasteiger partial charge in [-0.05, 0) is 42.7 Å². The normalized spacial score (nSPS) is 17.7. The molecule has 2 aromatic carbocycles. The van der Waals surface area contributed by atoms with Crippen molar-refractivity contribution in [1.29, 1.82) is 0 Å². The largest absolute Gasteiger partial charge is 0.391 e. The number of aliphatic hydroxyl groups excluding tert-OH is 1. The van der Waals surface area contributed by atoms with Crippen molar-refractivity contribution in [2.75, 3.05) is 13.1 Å². The van der Waals surface area contributed by atoms with Crippen LogP contribution < -0.4 is 5.32 Å². The van der Waals surface area contributed by atoms with E-state index in [-0.39, 0.29) is 11.8 Å². The second kappa shape index (κ2) is 8.90. The highest BCUT2D eigenvalue weighted by Crippen LogP contribution is 2.20. The van der Waals surface area contributed by atoms with E-state index in [9.17, 15) is 14.7 Å². The maximum absolute atomic E-state index is 13.2. The molecule has 3 N–H and O–H groups in total. The molecule has 0 aliphatic carbocycles. The molecule has 1 saturated heterocycles. The van der Waals surface area contributed by atoms with Gasteiger partial charge in [-0.2, -0.15) is 0 Å². The molecule has 1 fully saturated rings. The number of nitrogens with zero attached hydrogens (tertiary/aromatic N) is 1. The van der Waals surface area contributed by atoms with Gasteiger partial charge in [0.15, 0.2) is 0 Å². The lowest BCUT2D eigenvalue weighted by Gasteiger charge is -2.33. The Balaban J connectivity index is 1.56. The van der Waals surface area contributed by atoms with E-state index >= 15 is 0 Å². The summed E-state index contributed by atoms with van der Waals surface area (Å²) in [6.45, 7) is 0.882. The van der Waals surface area contributed by atoms with E-state index < -0.39 is 12.1 Å². The number of likely N-dealkylation sites (tertiary alicyclic amines) is 1. The fraction of sp³-hybridized carbons (Fsp3) is 0.304. The van der Waals surface area contributed by atoms with Gasteiger partial charge in [0.25, 0.3) is 5.91 Å². The number of carbonyl (C=O) groups is 2. The van der Waals surface area contributed by atoms with Gasteiger partial charge in [-0.15, -0.1) is 0 Å². The Labute approximate surface area is 179 Å². The van der Waals surface area contributed by atoms with E-state index in [1.165, 1.54) is 0 Å². The zero-order valence-electron chi connectivity index (χ0n) is 16.5. The van der Waals surface area contributed by atoms with Gasteiger partial charge in [0, 0.05) is 35.4 Å². The Morgan fingerprint density at radius 2 is 2.00 bits per heavy atom. The van der Waals surface area contributed by atoms with Crippen molar-refractivity contribution < 1.29 is 14.7 Å². The lowest BCUT2D eigenvalue weighted by atomic mass is 10.0. The molecule has 1 aliphatic heterocycles. The summed E-state index contributed by atoms with van der Waals surface area (Å²) >= 11 is 6.04. The van der Waals surface area contributed by atoms with Crippen molar-refractivity contribution in [2.24, 2.45) is 0 Å². The van der Waals surface area contributed by atoms with Gasteiger partial charge < -0.3 is 20.3 Å². The number of hydrogen-bond acceptors (Lipinski definition) is 3. The number of carbonyl (C=O) groups excluding carboxylic acids is 2. The molecule has 0 spiro atoms. The van der Waals surface area contributed by atoms with Crippen molar-refractivity contribution in [3.63, 3.8) is 0 Å². The van der Waals surface area contributed by atoms with Crippen LogP contribution in [0, 0.1) is 0 Å². The Morgan fingerprint density at radius 1 is 1.20 bits per heavy atom. The summed E-state index contributed by atoms with van der Waals surface area (Å²) in [5.74, 6) is -0.528. The number of amides is 2. The van der Waals surface area contributed by atoms with Crippen LogP contribution in [-0.2, 0) is 11.2 Å². The van der Waals surface area contributed by atoms with Crippen LogP contribution in [0.25, 0.3) is 10.9 Å². The average molecular weight is 426 g/mol. The van der Waals surface area contributed by atoms with Gasteiger partial charge >= 0.3 is 0 Å². The lowest BCUT2D eigenvalue weighted by molar-refractivity contribution is -0.136. The number of halogens is 1. The van der Waals surface area contributed by atoms with Crippen LogP contribution in [0.2, 0.25) is 5.02 Å². The number of aromatic nitrogens is 1. The SMILES string of the molecule is O=C(N[C@@H](Cc1ccccc1)C(=O)N1CCCC(O)C1)c1cc2cc(Cl)ccc2[nH]1. The zero-order valence-corrected chi connectivity index (χ0v) is 17.2. The molecule has 30 heavy (non-hydrogen) atoms. The number of H-pyrrole nitrogens is 1. The van der Waals surface area contributed by atoms with Gasteiger partial charge in [0.2, 0.25) is 5.91 Å². The molecular formula is C23H24ClN3O3. The second-order valence-corrected chi connectivity index (χ2v) is 8.15. The van der Waals surface area contributed by atoms with Crippen molar-refractivity contribution in [2.45, 2.75) is 31.4 Å². The first-order valence-electron chi connectivity index (χ1n) is 10.1. The van der Waals surface area contributed by atoms with Crippen molar-refractivity contribution in [3.05, 3.63) is 70.9 Å². The Kier molecular flexibility index (Phi) is 6.06. The smallest absolute Gasteiger partial charge is 0.268 e. The highest BCUT2D eigenvalue weighted by atomic mass is 35.5. The number of fused-ring (bicyclic) bond motifs is 1. The van der Waals surface area contributed by atoms with E-state index in [0.29, 0.717) is 36.6 Å². The zero-order chi connectivity index (χ0) is 21.1. The fourth-order valence-electron chi connectivity index (χ4n) is 3.89. The molecule has 0 saturated carbocycles. The van der Waals surface area contributed by atoms with Crippen LogP contribution in [0.3, 0.4) is 0 Å². The predicted octanol–water partition coefficient (Wildman–Crippen LogP) is 3.15. The number of rotatable bonds is 5. The summed E-state index contributed by atoms with van der Waals surface area (Å²) in [5.41, 5.74) is 2.13. The average Bonchev–Trinajstić information content (AvgIpc) is 3.17. The number of hydrogen-bond donors (Lipinski definition) is 3. The molecule has 2 atom stereocenters. The van der Waals surface area contributed by atoms with Crippen LogP contribution in [0.4, 0.5) is 0 Å². The minimum absolute atomic E-state index is 0.176. The van der Waals surface area contributed by atoms with Gasteiger partial charge in [0.05, 0.1) is 6.10 Å². The molecular weight excluding hydrogens is 402 g/mol. The number of piperidine rings is 1. The van der Waals surface area contributed by atoms with E-state index in [0.717, 1.165) is 22.9 Å². The number of nitrogens with one attached hydrogen (secondary N) is 2. The first-order valence-corrected chi connectivity index (χ1v) is 10.5. The third-order valence-corrected chi connectivity index (χ3v) is 5.66. The van der Waals surface area contributed by atoms with E-state index in [4.69, 9.17) is 11.6 Å². The number of benzene rings is 2. The number of β-amino-alcohol motifs (C(OH)–C–C–N with tert-alkyl or cyclic N) is 1. The van der Waals surface area contributed by atoms with Gasteiger partial charge in [-0.1, -0.05) is 41.9 Å². The van der Waals surface area contributed by atoms with Gasteiger partial charge in [-0.3, -0.25) is 9.59 Å². The summed E-state index contributed by atoms with van der Waals surface area (Å²) in [7, 11) is 0. The highest BCUT2D eigenvalue weighted by molar-refractivity contribution is 6.31. The van der Waals surface area contributed by atoms with Crippen LogP contribution in [-0.4, -0.2) is 52.0 Å². The van der Waals surface area contributed by atoms with E-state index in [2.05, 4.69) is 10.3 Å². The van der Waals surface area contributed by atoms with Crippen LogP contribution in [0.15, 0.2) is 54.6 Å². The van der Waals surface area contributed by atoms with Crippen molar-refractivity contribution in [1.82, 2.24) is 15.2 Å². The maximum Gasteiger partial charge on any atom is 0.268 e. The monoisotopic (exact) mass is 425 g/mol. The third kappa shape index (κ3) is 4.66. The summed E-state index contributed by atoms with van der Waals surface area (Å²) < 4.78 is 0. The molecule has 2 amide bonds. The summed E-state index contributed by atoms with van der Waals surface area (Å²) in [6.07, 6.45) is 1.30. The molecule has 4 rings (SSSR count). The first-order chi connectivity index (χ1) is 14.5. The molecule has 0 radical (unpaired) electrons. The third-order valence-electron chi connectivity index (χ3n) is 5.42. The Hall–Kier alpha value is -2.83. The molecule has 156 valence electrons. The number of aliphatic hydroxyl groups is 1. The van der Waals surface area contributed by atoms with Crippen molar-refractivity contribution >= 4 is 34.3 Å². The minimum Gasteiger partial charge on any atom is -0.391 e. The number of aromatic amines is 1. The van der Waals surface area contributed by atoms with E-state index in [1.807, 2.05) is 36.4 Å². The topological polar surface area (TPSA) is 85.4 Å². The van der Waals surface area contributed by atoms with Crippen LogP contribution in [0.5, 0.6) is 0 Å². The first kappa shape index (κ1) is 20.4. The maximum atomic E-state index is 13.2. The molecule has 1 unspecified atom stereocenters. The fourth-order valence-corrected chi connectivity index (χ4v) is 4.07. The van der Waals surface area contributed by atoms with Crippen molar-refractivity contribution in [3.8, 4) is 0 Å². The van der Waals surface area contributed by atoms with Gasteiger partial charge in [0.1, 0.15) is 11.7 Å². The van der Waals surface area contributed by atoms with Crippen LogP contribution in [0.1, 0.15) is 28.9 Å². The van der Waals surface area contributed by atoms with E-state index in [1.54, 1.807) is 23.1 Å². The standard InChI is InChI=1S/C23H24ClN3O3/c24-17-8-9-19-16(12-17)13-20(25-19)22(29)26-21(11-15-5-2-1-3-6-15)23(30)27-10-4-7-18(28)14-27/h1-3,5-6,8-9,12-13,18,21,25,28H,4,7,10-11,14H2,(H,26,29)/t18?,21-/m0/s1. The molecule has 3 aromatic rings. The second-order valence-electron chi connectivity index (χ2n) is 7.71. The predicted molar refractivity (Wildman–Crippen MR) is 117 cm³/mol. The minimum atomic E-state index is -0.722. The Morgan fingerprint density at radius 3 is 2.77 bits per heavy atom. The highest BCUT2D eigenvalue weighted by Gasteiger charge is 2.30. The molecule has 6 nitrogen and oxygen atoms in total. The molecule has 2 heterocycles. The molecule has 7 heteroatoms. The van der Waals surface area contributed by atoms with Gasteiger partial charge in [-0.25, -0.2) is 0 Å². The lowest BCUT2D eigenvalue weighted by Crippen LogP contribution is -2.53. The summed E-state index contributed by atoms with van der Waals surface area (Å²) in [4.78, 5) is 30.9. The molecule has 1 aliphatic rings. The molecule has 1 aromatic heterocycles. The Bertz CT molecular complexity index is 1050. The summed E-state index contributed by atoms with van der Waals surface area (Å²) in [5, 5.41) is 14.3. The van der Waals surface area contributed by atoms with Crippen LogP contribution >= 0.6 is 11.6 Å². The quantitative estimate of drug-likeness (QED) is 0.587.